The summed E-state index contributed by atoms with van der Waals surface area (Å²) in [5, 5.41) is 18.0. The molecule has 0 radical (unpaired) electrons. The first-order valence-corrected chi connectivity index (χ1v) is 6.38. The van der Waals surface area contributed by atoms with Crippen molar-refractivity contribution in [3.05, 3.63) is 41.5 Å². The van der Waals surface area contributed by atoms with Crippen molar-refractivity contribution >= 4 is 23.2 Å². The molecule has 0 saturated carbocycles. The zero-order valence-corrected chi connectivity index (χ0v) is 9.48. The van der Waals surface area contributed by atoms with Crippen molar-refractivity contribution in [2.24, 2.45) is 0 Å². The van der Waals surface area contributed by atoms with Crippen LogP contribution in [0.1, 0.15) is 5.56 Å². The summed E-state index contributed by atoms with van der Waals surface area (Å²) >= 11 is 0. The molecule has 1 aromatic carbocycles. The third-order valence-electron chi connectivity index (χ3n) is 1.70. The van der Waals surface area contributed by atoms with E-state index in [1.807, 2.05) is 4.72 Å². The molecular weight excluding hydrogens is 229 g/mol. The van der Waals surface area contributed by atoms with Crippen LogP contribution in [-0.4, -0.2) is 31.8 Å². The summed E-state index contributed by atoms with van der Waals surface area (Å²) in [5.41, 5.74) is 0.482. The van der Waals surface area contributed by atoms with Crippen LogP contribution in [0.25, 0.3) is 6.08 Å². The van der Waals surface area contributed by atoms with Crippen molar-refractivity contribution in [2.45, 2.75) is 0 Å². The Hall–Kier alpha value is -1.31. The molecule has 0 aliphatic heterocycles. The number of sulfonamides is 1. The van der Waals surface area contributed by atoms with E-state index in [2.05, 4.69) is 0 Å². The molecule has 0 aliphatic rings. The highest BCUT2D eigenvalue weighted by molar-refractivity contribution is 7.88. The normalized spacial score (nSPS) is 12.3. The number of benzene rings is 1. The van der Waals surface area contributed by atoms with Gasteiger partial charge < -0.3 is 10.0 Å². The Bertz CT molecular complexity index is 470. The standard InChI is InChI=1S/C9H12BNO4S/c1-16(14,15)11-9(10(12)13)7-8-5-3-2-4-6-8/h2-7,11-13H,1H3. The van der Waals surface area contributed by atoms with Gasteiger partial charge in [-0.3, -0.25) is 4.72 Å². The van der Waals surface area contributed by atoms with Crippen LogP contribution in [0.5, 0.6) is 0 Å². The minimum atomic E-state index is -3.53. The van der Waals surface area contributed by atoms with Crippen LogP contribution in [0.2, 0.25) is 0 Å². The lowest BCUT2D eigenvalue weighted by atomic mass is 9.85. The van der Waals surface area contributed by atoms with Gasteiger partial charge in [0, 0.05) is 0 Å². The summed E-state index contributed by atoms with van der Waals surface area (Å²) in [6.07, 6.45) is 2.29. The van der Waals surface area contributed by atoms with E-state index in [1.54, 1.807) is 30.3 Å². The largest absolute Gasteiger partial charge is 0.506 e. The molecule has 0 amide bonds. The maximum atomic E-state index is 11.0. The lowest BCUT2D eigenvalue weighted by molar-refractivity contribution is 0.417. The van der Waals surface area contributed by atoms with Crippen molar-refractivity contribution < 1.29 is 18.5 Å². The predicted molar refractivity (Wildman–Crippen MR) is 62.6 cm³/mol. The van der Waals surface area contributed by atoms with Gasteiger partial charge in [-0.25, -0.2) is 8.42 Å². The fourth-order valence-corrected chi connectivity index (χ4v) is 1.69. The van der Waals surface area contributed by atoms with Gasteiger partial charge in [-0.15, -0.1) is 0 Å². The quantitative estimate of drug-likeness (QED) is 0.625. The fourth-order valence-electron chi connectivity index (χ4n) is 1.10. The van der Waals surface area contributed by atoms with Crippen molar-refractivity contribution in [2.75, 3.05) is 6.26 Å². The van der Waals surface area contributed by atoms with Gasteiger partial charge in [0.2, 0.25) is 10.0 Å². The molecule has 16 heavy (non-hydrogen) atoms. The van der Waals surface area contributed by atoms with Gasteiger partial charge in [0.1, 0.15) is 0 Å². The summed E-state index contributed by atoms with van der Waals surface area (Å²) < 4.78 is 24.0. The molecule has 0 unspecified atom stereocenters. The van der Waals surface area contributed by atoms with Gasteiger partial charge in [-0.05, 0) is 11.6 Å². The third-order valence-corrected chi connectivity index (χ3v) is 2.31. The molecule has 1 rings (SSSR count). The molecule has 3 N–H and O–H groups in total. The maximum absolute atomic E-state index is 11.0. The van der Waals surface area contributed by atoms with Crippen molar-refractivity contribution in [3.63, 3.8) is 0 Å². The highest BCUT2D eigenvalue weighted by atomic mass is 32.2. The van der Waals surface area contributed by atoms with Gasteiger partial charge >= 0.3 is 7.12 Å². The lowest BCUT2D eigenvalue weighted by Gasteiger charge is -2.07. The van der Waals surface area contributed by atoms with Crippen LogP contribution < -0.4 is 4.72 Å². The Labute approximate surface area is 94.6 Å². The minimum absolute atomic E-state index is 0.186. The Morgan fingerprint density at radius 3 is 2.31 bits per heavy atom. The van der Waals surface area contributed by atoms with E-state index in [9.17, 15) is 8.42 Å². The van der Waals surface area contributed by atoms with Gasteiger partial charge in [0.15, 0.2) is 0 Å². The molecular formula is C9H12BNO4S. The van der Waals surface area contributed by atoms with Crippen molar-refractivity contribution in [1.82, 2.24) is 4.72 Å². The summed E-state index contributed by atoms with van der Waals surface area (Å²) in [4.78, 5) is 0. The maximum Gasteiger partial charge on any atom is 0.506 e. The first kappa shape index (κ1) is 12.8. The minimum Gasteiger partial charge on any atom is -0.422 e. The second-order valence-corrected chi connectivity index (χ2v) is 5.01. The van der Waals surface area contributed by atoms with Crippen LogP contribution >= 0.6 is 0 Å². The smallest absolute Gasteiger partial charge is 0.422 e. The number of nitrogens with one attached hydrogen (secondary N) is 1. The van der Waals surface area contributed by atoms with Crippen LogP contribution in [0.3, 0.4) is 0 Å². The number of rotatable bonds is 4. The van der Waals surface area contributed by atoms with E-state index in [0.717, 1.165) is 6.26 Å². The SMILES string of the molecule is CS(=O)(=O)NC(=Cc1ccccc1)B(O)O. The average Bonchev–Trinajstić information content (AvgIpc) is 2.16. The topological polar surface area (TPSA) is 86.6 Å². The Morgan fingerprint density at radius 2 is 1.88 bits per heavy atom. The highest BCUT2D eigenvalue weighted by Gasteiger charge is 2.18. The van der Waals surface area contributed by atoms with Crippen LogP contribution in [-0.2, 0) is 10.0 Å². The molecule has 0 fully saturated rings. The molecule has 0 aliphatic carbocycles. The zero-order valence-electron chi connectivity index (χ0n) is 8.66. The van der Waals surface area contributed by atoms with Crippen molar-refractivity contribution in [3.8, 4) is 0 Å². The monoisotopic (exact) mass is 241 g/mol. The molecule has 0 atom stereocenters. The molecule has 5 nitrogen and oxygen atoms in total. The molecule has 86 valence electrons. The molecule has 0 spiro atoms. The highest BCUT2D eigenvalue weighted by Crippen LogP contribution is 2.06. The first-order valence-electron chi connectivity index (χ1n) is 4.49. The van der Waals surface area contributed by atoms with Crippen LogP contribution in [0, 0.1) is 0 Å². The van der Waals surface area contributed by atoms with E-state index in [4.69, 9.17) is 10.0 Å². The number of hydrogen-bond acceptors (Lipinski definition) is 4. The van der Waals surface area contributed by atoms with Gasteiger partial charge in [-0.2, -0.15) is 0 Å². The second-order valence-electron chi connectivity index (χ2n) is 3.26. The Balaban J connectivity index is 2.99. The van der Waals surface area contributed by atoms with E-state index in [1.165, 1.54) is 6.08 Å². The molecule has 0 aromatic heterocycles. The van der Waals surface area contributed by atoms with Gasteiger partial charge in [0.05, 0.1) is 11.9 Å². The second kappa shape index (κ2) is 5.15. The summed E-state index contributed by atoms with van der Waals surface area (Å²) in [7, 11) is -5.39. The molecule has 0 heterocycles. The van der Waals surface area contributed by atoms with Crippen LogP contribution in [0.15, 0.2) is 35.9 Å². The Kier molecular flexibility index (Phi) is 4.11. The van der Waals surface area contributed by atoms with Crippen LogP contribution in [0.4, 0.5) is 0 Å². The van der Waals surface area contributed by atoms with E-state index in [0.29, 0.717) is 5.56 Å². The third kappa shape index (κ3) is 4.48. The van der Waals surface area contributed by atoms with E-state index < -0.39 is 17.1 Å². The van der Waals surface area contributed by atoms with Gasteiger partial charge in [-0.1, -0.05) is 30.3 Å². The molecule has 7 heteroatoms. The zero-order chi connectivity index (χ0) is 12.2. The fraction of sp³-hybridized carbons (Fsp3) is 0.111. The Morgan fingerprint density at radius 1 is 1.31 bits per heavy atom. The number of hydrogen-bond donors (Lipinski definition) is 3. The first-order chi connectivity index (χ1) is 7.38. The van der Waals surface area contributed by atoms with E-state index >= 15 is 0 Å². The summed E-state index contributed by atoms with van der Waals surface area (Å²) in [6.45, 7) is 0. The van der Waals surface area contributed by atoms with Gasteiger partial charge in [0.25, 0.3) is 0 Å². The molecule has 0 bridgehead atoms. The molecule has 0 saturated heterocycles. The average molecular weight is 241 g/mol. The van der Waals surface area contributed by atoms with E-state index in [-0.39, 0.29) is 5.60 Å². The summed E-state index contributed by atoms with van der Waals surface area (Å²) in [6, 6.07) is 8.75. The lowest BCUT2D eigenvalue weighted by Crippen LogP contribution is -2.31. The molecule has 1 aromatic rings. The summed E-state index contributed by atoms with van der Waals surface area (Å²) in [5.74, 6) is 0. The predicted octanol–water partition coefficient (Wildman–Crippen LogP) is -0.411. The van der Waals surface area contributed by atoms with Crippen molar-refractivity contribution in [1.29, 1.82) is 0 Å².